The van der Waals surface area contributed by atoms with Crippen LogP contribution in [0.2, 0.25) is 0 Å². The van der Waals surface area contributed by atoms with Gasteiger partial charge in [-0.05, 0) is 6.42 Å². The molecule has 0 amide bonds. The fourth-order valence-electron chi connectivity index (χ4n) is 0.420. The number of carbonyl (C=O) groups is 1. The summed E-state index contributed by atoms with van der Waals surface area (Å²) in [4.78, 5) is 9.73. The highest BCUT2D eigenvalue weighted by molar-refractivity contribution is 7.59. The molecule has 5 heteroatoms. The van der Waals surface area contributed by atoms with Crippen molar-refractivity contribution in [3.63, 3.8) is 0 Å². The topological polar surface area (TPSA) is 37.3 Å². The molecule has 1 N–H and O–H groups in total. The number of hydrogen-bond donors (Lipinski definition) is 1. The van der Waals surface area contributed by atoms with Gasteiger partial charge in [-0.3, -0.25) is 4.79 Å². The van der Waals surface area contributed by atoms with E-state index in [1.807, 2.05) is 0 Å². The van der Waals surface area contributed by atoms with Crippen LogP contribution in [0.5, 0.6) is 0 Å². The first-order valence-electron chi connectivity index (χ1n) is 2.08. The molecule has 1 aliphatic carbocycles. The summed E-state index contributed by atoms with van der Waals surface area (Å²) in [6.07, 6.45) is -0.840. The van der Waals surface area contributed by atoms with Crippen molar-refractivity contribution in [3.05, 3.63) is 0 Å². The fourth-order valence-corrected chi connectivity index (χ4v) is 0.420. The second kappa shape index (κ2) is 4.00. The second-order valence-corrected chi connectivity index (χ2v) is 1.70. The predicted molar refractivity (Wildman–Crippen MR) is 41.4 cm³/mol. The molecule has 0 heterocycles. The zero-order chi connectivity index (χ0) is 5.44. The minimum absolute atomic E-state index is 0. The van der Waals surface area contributed by atoms with Crippen molar-refractivity contribution in [1.82, 2.24) is 0 Å². The Bertz CT molecular complexity index is 109. The Kier molecular flexibility index (Phi) is 5.27. The van der Waals surface area contributed by atoms with Gasteiger partial charge in [-0.2, -0.15) is 27.0 Å². The van der Waals surface area contributed by atoms with Crippen molar-refractivity contribution in [2.75, 3.05) is 0 Å². The van der Waals surface area contributed by atoms with E-state index in [4.69, 9.17) is 5.11 Å². The Morgan fingerprint density at radius 3 is 1.89 bits per heavy atom. The largest absolute Gasteiger partial charge is 0.481 e. The molecule has 0 aromatic rings. The lowest BCUT2D eigenvalue weighted by molar-refractivity contribution is -0.138. The average molecular weight is 172 g/mol. The first kappa shape index (κ1) is 11.8. The van der Waals surface area contributed by atoms with E-state index in [-0.39, 0.29) is 33.4 Å². The standard InChI is InChI=1S/C4H5FO2.2H2S/c5-3-1-2(3)4(6)7;;/h2-3H,1H2,(H,6,7);2*1H2/t2-,3+;;/m1../s1. The molecular weight excluding hydrogens is 163 g/mol. The molecule has 0 unspecified atom stereocenters. The van der Waals surface area contributed by atoms with Gasteiger partial charge in [0.05, 0.1) is 5.92 Å². The molecule has 1 saturated carbocycles. The molecule has 0 aromatic heterocycles. The Morgan fingerprint density at radius 1 is 1.56 bits per heavy atom. The van der Waals surface area contributed by atoms with Crippen molar-refractivity contribution >= 4 is 33.0 Å². The van der Waals surface area contributed by atoms with E-state index >= 15 is 0 Å². The van der Waals surface area contributed by atoms with Crippen LogP contribution in [0.1, 0.15) is 6.42 Å². The predicted octanol–water partition coefficient (Wildman–Crippen LogP) is 0.655. The summed E-state index contributed by atoms with van der Waals surface area (Å²) in [6, 6.07) is 0. The summed E-state index contributed by atoms with van der Waals surface area (Å²) in [5, 5.41) is 7.98. The van der Waals surface area contributed by atoms with E-state index in [1.54, 1.807) is 0 Å². The molecule has 0 aromatic carbocycles. The van der Waals surface area contributed by atoms with Crippen molar-refractivity contribution in [2.45, 2.75) is 12.6 Å². The summed E-state index contributed by atoms with van der Waals surface area (Å²) in [5.74, 6) is -1.69. The fraction of sp³-hybridized carbons (Fsp3) is 0.750. The minimum atomic E-state index is -1.06. The van der Waals surface area contributed by atoms with Crippen LogP contribution < -0.4 is 0 Å². The van der Waals surface area contributed by atoms with Gasteiger partial charge in [0.1, 0.15) is 6.17 Å². The first-order valence-corrected chi connectivity index (χ1v) is 2.08. The minimum Gasteiger partial charge on any atom is -0.481 e. The van der Waals surface area contributed by atoms with Crippen LogP contribution in [0.4, 0.5) is 4.39 Å². The third-order valence-corrected chi connectivity index (χ3v) is 1.03. The number of carboxylic acids is 1. The molecule has 0 spiro atoms. The highest BCUT2D eigenvalue weighted by Crippen LogP contribution is 2.33. The van der Waals surface area contributed by atoms with E-state index in [0.29, 0.717) is 0 Å². The van der Waals surface area contributed by atoms with Crippen molar-refractivity contribution < 1.29 is 14.3 Å². The summed E-state index contributed by atoms with van der Waals surface area (Å²) in [6.45, 7) is 0. The highest BCUT2D eigenvalue weighted by Gasteiger charge is 2.43. The zero-order valence-corrected chi connectivity index (χ0v) is 6.60. The number of halogens is 1. The van der Waals surface area contributed by atoms with Gasteiger partial charge in [0.25, 0.3) is 0 Å². The number of rotatable bonds is 1. The van der Waals surface area contributed by atoms with Gasteiger partial charge >= 0.3 is 5.97 Å². The molecular formula is C4H9FO2S2. The Hall–Kier alpha value is 0.1000. The third kappa shape index (κ3) is 2.95. The van der Waals surface area contributed by atoms with E-state index in [9.17, 15) is 9.18 Å². The van der Waals surface area contributed by atoms with Gasteiger partial charge in [0.15, 0.2) is 0 Å². The van der Waals surface area contributed by atoms with E-state index in [1.165, 1.54) is 0 Å². The number of aliphatic carboxylic acids is 1. The van der Waals surface area contributed by atoms with Gasteiger partial charge in [-0.1, -0.05) is 0 Å². The van der Waals surface area contributed by atoms with Gasteiger partial charge in [-0.25, -0.2) is 4.39 Å². The molecule has 9 heavy (non-hydrogen) atoms. The maximum absolute atomic E-state index is 11.6. The van der Waals surface area contributed by atoms with Crippen LogP contribution in [0.15, 0.2) is 0 Å². The van der Waals surface area contributed by atoms with E-state index in [0.717, 1.165) is 0 Å². The normalized spacial score (nSPS) is 29.4. The van der Waals surface area contributed by atoms with Gasteiger partial charge in [0.2, 0.25) is 0 Å². The summed E-state index contributed by atoms with van der Waals surface area (Å²) < 4.78 is 11.6. The summed E-state index contributed by atoms with van der Waals surface area (Å²) in [7, 11) is 0. The van der Waals surface area contributed by atoms with Crippen LogP contribution in [-0.2, 0) is 4.79 Å². The van der Waals surface area contributed by atoms with E-state index in [2.05, 4.69) is 0 Å². The Balaban J connectivity index is 0. The van der Waals surface area contributed by atoms with Crippen LogP contribution in [0.3, 0.4) is 0 Å². The first-order chi connectivity index (χ1) is 3.22. The third-order valence-electron chi connectivity index (χ3n) is 1.03. The van der Waals surface area contributed by atoms with Crippen molar-refractivity contribution in [1.29, 1.82) is 0 Å². The SMILES string of the molecule is O=C(O)[C@@H]1C[C@@H]1F.S.S. The summed E-state index contributed by atoms with van der Waals surface area (Å²) >= 11 is 0. The van der Waals surface area contributed by atoms with E-state index < -0.39 is 18.1 Å². The van der Waals surface area contributed by atoms with Crippen LogP contribution in [0, 0.1) is 5.92 Å². The molecule has 0 saturated heterocycles. The van der Waals surface area contributed by atoms with Crippen LogP contribution >= 0.6 is 27.0 Å². The average Bonchev–Trinajstić information content (AvgIpc) is 2.17. The molecule has 1 rings (SSSR count). The van der Waals surface area contributed by atoms with Crippen LogP contribution in [-0.4, -0.2) is 17.2 Å². The molecule has 1 aliphatic rings. The Morgan fingerprint density at radius 2 is 1.89 bits per heavy atom. The van der Waals surface area contributed by atoms with Crippen molar-refractivity contribution in [2.24, 2.45) is 5.92 Å². The van der Waals surface area contributed by atoms with Gasteiger partial charge in [0, 0.05) is 0 Å². The maximum atomic E-state index is 11.6. The lowest BCUT2D eigenvalue weighted by Gasteiger charge is -1.77. The molecule has 0 aliphatic heterocycles. The zero-order valence-electron chi connectivity index (χ0n) is 4.60. The number of carboxylic acid groups (broad SMARTS) is 1. The number of hydrogen-bond acceptors (Lipinski definition) is 1. The molecule has 2 nitrogen and oxygen atoms in total. The highest BCUT2D eigenvalue weighted by atomic mass is 32.1. The van der Waals surface area contributed by atoms with Crippen molar-refractivity contribution in [3.8, 4) is 0 Å². The lowest BCUT2D eigenvalue weighted by atomic mass is 10.4. The molecule has 2 atom stereocenters. The molecule has 0 radical (unpaired) electrons. The Labute approximate surface area is 66.3 Å². The molecule has 1 fully saturated rings. The van der Waals surface area contributed by atoms with Gasteiger partial charge < -0.3 is 5.11 Å². The second-order valence-electron chi connectivity index (χ2n) is 1.70. The van der Waals surface area contributed by atoms with Crippen LogP contribution in [0.25, 0.3) is 0 Å². The smallest absolute Gasteiger partial charge is 0.309 e. The molecule has 56 valence electrons. The maximum Gasteiger partial charge on any atom is 0.309 e. The quantitative estimate of drug-likeness (QED) is 0.630. The monoisotopic (exact) mass is 172 g/mol. The van der Waals surface area contributed by atoms with Gasteiger partial charge in [-0.15, -0.1) is 0 Å². The molecule has 0 bridgehead atoms. The number of alkyl halides is 1. The lowest BCUT2D eigenvalue weighted by Crippen LogP contribution is -1.98. The summed E-state index contributed by atoms with van der Waals surface area (Å²) in [5.41, 5.74) is 0.